The lowest BCUT2D eigenvalue weighted by molar-refractivity contribution is -0.266. The molecule has 1 fully saturated rings. The van der Waals surface area contributed by atoms with Gasteiger partial charge >= 0.3 is 6.09 Å². The van der Waals surface area contributed by atoms with Crippen molar-refractivity contribution in [2.24, 2.45) is 0 Å². The first-order valence-electron chi connectivity index (χ1n) is 15.7. The van der Waals surface area contributed by atoms with Gasteiger partial charge in [-0.05, 0) is 45.4 Å². The Morgan fingerprint density at radius 3 is 2.43 bits per heavy atom. The molecule has 1 saturated heterocycles. The Balaban J connectivity index is 1.36. The predicted octanol–water partition coefficient (Wildman–Crippen LogP) is 5.12. The summed E-state index contributed by atoms with van der Waals surface area (Å²) in [5, 5.41) is 9.65. The van der Waals surface area contributed by atoms with Gasteiger partial charge in [0, 0.05) is 48.7 Å². The molecule has 11 nitrogen and oxygen atoms in total. The van der Waals surface area contributed by atoms with Crippen LogP contribution < -0.4 is 10.6 Å². The van der Waals surface area contributed by atoms with E-state index in [2.05, 4.69) is 44.0 Å². The van der Waals surface area contributed by atoms with Crippen LogP contribution in [0.1, 0.15) is 56.3 Å². The number of likely N-dealkylation sites (N-methyl/N-ethyl adjacent to an activating group) is 1. The SMILES string of the molecule is CO[C@@H]1[C@H](N(C)C(=O)CNC(=O)OC(C)(C)C)C[C@H]2O[C@]1(C)n1c3ccccc3c3c4c(c5c6ccccc6n2c5c31)C(=O)NC4. The van der Waals surface area contributed by atoms with Gasteiger partial charge in [0.25, 0.3) is 5.91 Å². The highest BCUT2D eigenvalue weighted by Gasteiger charge is 2.55. The third-order valence-electron chi connectivity index (χ3n) is 9.87. The minimum atomic E-state index is -1.06. The fourth-order valence-electron chi connectivity index (χ4n) is 8.16. The molecule has 0 saturated carbocycles. The zero-order valence-electron chi connectivity index (χ0n) is 26.8. The van der Waals surface area contributed by atoms with Crippen molar-refractivity contribution < 1.29 is 28.6 Å². The molecule has 2 bridgehead atoms. The van der Waals surface area contributed by atoms with Crippen LogP contribution in [-0.4, -0.2) is 70.4 Å². The number of hydrogen-bond donors (Lipinski definition) is 2. The van der Waals surface area contributed by atoms with Crippen molar-refractivity contribution in [1.82, 2.24) is 24.7 Å². The molecule has 8 rings (SSSR count). The first-order chi connectivity index (χ1) is 21.9. The summed E-state index contributed by atoms with van der Waals surface area (Å²) in [6.45, 7) is 7.56. The van der Waals surface area contributed by atoms with E-state index in [1.54, 1.807) is 39.8 Å². The fraction of sp³-hybridized carbons (Fsp3) is 0.400. The molecule has 238 valence electrons. The van der Waals surface area contributed by atoms with Crippen molar-refractivity contribution in [1.29, 1.82) is 0 Å². The molecular formula is C35H37N5O6. The van der Waals surface area contributed by atoms with Gasteiger partial charge in [-0.3, -0.25) is 9.59 Å². The number of hydrogen-bond acceptors (Lipinski definition) is 6. The number of ether oxygens (including phenoxy) is 3. The van der Waals surface area contributed by atoms with Gasteiger partial charge in [0.05, 0.1) is 33.7 Å². The fourth-order valence-corrected chi connectivity index (χ4v) is 8.16. The highest BCUT2D eigenvalue weighted by Crippen LogP contribution is 2.54. The Bertz CT molecular complexity index is 2140. The van der Waals surface area contributed by atoms with Gasteiger partial charge in [-0.2, -0.15) is 0 Å². The monoisotopic (exact) mass is 623 g/mol. The minimum Gasteiger partial charge on any atom is -0.444 e. The summed E-state index contributed by atoms with van der Waals surface area (Å²) >= 11 is 0. The van der Waals surface area contributed by atoms with Crippen LogP contribution >= 0.6 is 0 Å². The van der Waals surface area contributed by atoms with Gasteiger partial charge in [-0.1, -0.05) is 36.4 Å². The van der Waals surface area contributed by atoms with E-state index in [4.69, 9.17) is 14.2 Å². The van der Waals surface area contributed by atoms with Crippen molar-refractivity contribution in [3.05, 3.63) is 59.7 Å². The first kappa shape index (κ1) is 28.8. The second kappa shape index (κ2) is 9.70. The molecule has 0 spiro atoms. The quantitative estimate of drug-likeness (QED) is 0.287. The number of nitrogens with one attached hydrogen (secondary N) is 2. The van der Waals surface area contributed by atoms with Crippen LogP contribution in [0, 0.1) is 0 Å². The number of benzene rings is 3. The molecular weight excluding hydrogens is 586 g/mol. The average Bonchev–Trinajstić information content (AvgIpc) is 3.66. The highest BCUT2D eigenvalue weighted by molar-refractivity contribution is 6.31. The van der Waals surface area contributed by atoms with E-state index in [9.17, 15) is 14.4 Å². The lowest BCUT2D eigenvalue weighted by Crippen LogP contribution is -2.62. The predicted molar refractivity (Wildman–Crippen MR) is 174 cm³/mol. The number of amides is 3. The van der Waals surface area contributed by atoms with Gasteiger partial charge in [-0.15, -0.1) is 0 Å². The molecule has 46 heavy (non-hydrogen) atoms. The summed E-state index contributed by atoms with van der Waals surface area (Å²) in [4.78, 5) is 41.3. The van der Waals surface area contributed by atoms with Crippen LogP contribution in [0.2, 0.25) is 0 Å². The van der Waals surface area contributed by atoms with Crippen molar-refractivity contribution in [2.75, 3.05) is 20.7 Å². The molecule has 11 heteroatoms. The Hall–Kier alpha value is -4.61. The molecule has 0 aliphatic carbocycles. The van der Waals surface area contributed by atoms with Crippen LogP contribution in [0.3, 0.4) is 0 Å². The maximum Gasteiger partial charge on any atom is 0.408 e. The van der Waals surface area contributed by atoms with Gasteiger partial charge < -0.3 is 38.9 Å². The maximum atomic E-state index is 13.7. The van der Waals surface area contributed by atoms with E-state index in [0.29, 0.717) is 18.5 Å². The molecule has 2 aromatic heterocycles. The third kappa shape index (κ3) is 3.81. The van der Waals surface area contributed by atoms with Crippen molar-refractivity contribution in [3.63, 3.8) is 0 Å². The summed E-state index contributed by atoms with van der Waals surface area (Å²) in [7, 11) is 3.39. The average molecular weight is 624 g/mol. The smallest absolute Gasteiger partial charge is 0.408 e. The highest BCUT2D eigenvalue weighted by atomic mass is 16.6. The number of methoxy groups -OCH3 is 1. The maximum absolute atomic E-state index is 13.7. The number of rotatable bonds is 4. The van der Waals surface area contributed by atoms with Gasteiger partial charge in [0.1, 0.15) is 24.5 Å². The van der Waals surface area contributed by atoms with E-state index in [-0.39, 0.29) is 18.4 Å². The van der Waals surface area contributed by atoms with Crippen LogP contribution in [0.25, 0.3) is 43.6 Å². The topological polar surface area (TPSA) is 116 Å². The number of para-hydroxylation sites is 2. The summed E-state index contributed by atoms with van der Waals surface area (Å²) in [5.41, 5.74) is 3.77. The minimum absolute atomic E-state index is 0.0774. The summed E-state index contributed by atoms with van der Waals surface area (Å²) in [5.74, 6) is -0.357. The van der Waals surface area contributed by atoms with E-state index in [1.165, 1.54) is 0 Å². The molecule has 3 aliphatic rings. The van der Waals surface area contributed by atoms with Crippen LogP contribution in [-0.2, 0) is 31.3 Å². The Morgan fingerprint density at radius 2 is 1.74 bits per heavy atom. The zero-order valence-corrected chi connectivity index (χ0v) is 26.8. The summed E-state index contributed by atoms with van der Waals surface area (Å²) < 4.78 is 23.3. The summed E-state index contributed by atoms with van der Waals surface area (Å²) in [6, 6.07) is 15.9. The van der Waals surface area contributed by atoms with Gasteiger partial charge in [0.15, 0.2) is 5.72 Å². The van der Waals surface area contributed by atoms with Crippen LogP contribution in [0.4, 0.5) is 4.79 Å². The number of nitrogens with zero attached hydrogens (tertiary/aromatic N) is 3. The lowest BCUT2D eigenvalue weighted by Gasteiger charge is -2.50. The van der Waals surface area contributed by atoms with Gasteiger partial charge in [-0.25, -0.2) is 4.79 Å². The molecule has 0 radical (unpaired) electrons. The Labute approximate surface area is 265 Å². The second-order valence-electron chi connectivity index (χ2n) is 13.7. The molecule has 5 aromatic rings. The van der Waals surface area contributed by atoms with E-state index in [0.717, 1.165) is 49.2 Å². The second-order valence-corrected chi connectivity index (χ2v) is 13.7. The van der Waals surface area contributed by atoms with Crippen molar-refractivity contribution in [3.8, 4) is 0 Å². The van der Waals surface area contributed by atoms with Gasteiger partial charge in [0.2, 0.25) is 5.91 Å². The summed E-state index contributed by atoms with van der Waals surface area (Å²) in [6.07, 6.45) is -1.32. The molecule has 5 heterocycles. The number of carbonyl (C=O) groups is 3. The van der Waals surface area contributed by atoms with Crippen LogP contribution in [0.15, 0.2) is 48.5 Å². The largest absolute Gasteiger partial charge is 0.444 e. The molecule has 0 unspecified atom stereocenters. The molecule has 3 amide bonds. The molecule has 2 N–H and O–H groups in total. The standard InChI is InChI=1S/C35H37N5O6/c1-34(2,3)46-33(43)37-17-24(41)38(5)23-15-25-39-21-13-9-7-11-18(21)27-28-20(16-36-32(28)42)26-19-12-8-10-14-22(19)40(30(26)29(27)39)35(4,45-25)31(23)44-6/h7-14,23,25,31H,15-17H2,1-6H3,(H,36,42)(H,37,43)/t23-,25-,31-,35+/m1/s1. The van der Waals surface area contributed by atoms with E-state index >= 15 is 0 Å². The van der Waals surface area contributed by atoms with Crippen molar-refractivity contribution in [2.45, 2.75) is 70.4 Å². The lowest BCUT2D eigenvalue weighted by atomic mass is 9.91. The van der Waals surface area contributed by atoms with Crippen molar-refractivity contribution >= 4 is 61.5 Å². The van der Waals surface area contributed by atoms with E-state index in [1.807, 2.05) is 31.2 Å². The zero-order chi connectivity index (χ0) is 32.3. The normalized spacial score (nSPS) is 23.6. The molecule has 3 aliphatic heterocycles. The Kier molecular flexibility index (Phi) is 6.08. The number of alkyl carbamates (subject to hydrolysis) is 1. The Morgan fingerprint density at radius 1 is 1.07 bits per heavy atom. The number of aromatic nitrogens is 2. The third-order valence-corrected chi connectivity index (χ3v) is 9.87. The number of carbonyl (C=O) groups excluding carboxylic acids is 3. The van der Waals surface area contributed by atoms with Crippen LogP contribution in [0.5, 0.6) is 0 Å². The molecule has 3 aromatic carbocycles. The number of fused-ring (bicyclic) bond motifs is 13. The van der Waals surface area contributed by atoms with E-state index < -0.39 is 35.8 Å². The molecule has 4 atom stereocenters. The first-order valence-corrected chi connectivity index (χ1v) is 15.7.